The average molecular weight is 333 g/mol. The molecule has 0 bridgehead atoms. The van der Waals surface area contributed by atoms with Gasteiger partial charge in [-0.25, -0.2) is 4.98 Å². The first-order valence-corrected chi connectivity index (χ1v) is 7.16. The van der Waals surface area contributed by atoms with Gasteiger partial charge in [0.25, 0.3) is 0 Å². The zero-order valence-corrected chi connectivity index (χ0v) is 12.6. The highest BCUT2D eigenvalue weighted by Crippen LogP contribution is 2.36. The molecule has 0 saturated heterocycles. The third kappa shape index (κ3) is 2.64. The molecule has 0 amide bonds. The zero-order valence-electron chi connectivity index (χ0n) is 9.46. The molecule has 1 aromatic heterocycles. The van der Waals surface area contributed by atoms with E-state index in [1.807, 2.05) is 25.1 Å². The van der Waals surface area contributed by atoms with Crippen molar-refractivity contribution in [1.29, 1.82) is 0 Å². The number of methoxy groups -OCH3 is 1. The molecule has 0 spiro atoms. The lowest BCUT2D eigenvalue weighted by Gasteiger charge is -2.05. The lowest BCUT2D eigenvalue weighted by molar-refractivity contribution is 0.416. The van der Waals surface area contributed by atoms with E-state index in [4.69, 9.17) is 16.3 Å². The van der Waals surface area contributed by atoms with Crippen LogP contribution < -0.4 is 4.74 Å². The molecule has 1 aromatic carbocycles. The second-order valence-corrected chi connectivity index (χ2v) is 5.77. The third-order valence-electron chi connectivity index (χ3n) is 2.41. The monoisotopic (exact) mass is 331 g/mol. The minimum atomic E-state index is 0.500. The van der Waals surface area contributed by atoms with Crippen molar-refractivity contribution in [3.05, 3.63) is 33.2 Å². The lowest BCUT2D eigenvalue weighted by Crippen LogP contribution is -1.87. The van der Waals surface area contributed by atoms with Gasteiger partial charge < -0.3 is 4.74 Å². The molecule has 17 heavy (non-hydrogen) atoms. The number of nitrogens with zero attached hydrogens (tertiary/aromatic N) is 1. The fraction of sp³-hybridized carbons (Fsp3) is 0.250. The normalized spacial score (nSPS) is 10.6. The Bertz CT molecular complexity index is 541. The first kappa shape index (κ1) is 12.9. The van der Waals surface area contributed by atoms with Crippen molar-refractivity contribution in [1.82, 2.24) is 4.98 Å². The van der Waals surface area contributed by atoms with E-state index in [0.29, 0.717) is 5.88 Å². The van der Waals surface area contributed by atoms with Crippen LogP contribution in [0.25, 0.3) is 10.6 Å². The van der Waals surface area contributed by atoms with E-state index >= 15 is 0 Å². The van der Waals surface area contributed by atoms with Crippen molar-refractivity contribution in [2.24, 2.45) is 0 Å². The van der Waals surface area contributed by atoms with Gasteiger partial charge in [-0.05, 0) is 25.1 Å². The second kappa shape index (κ2) is 5.38. The van der Waals surface area contributed by atoms with Gasteiger partial charge in [-0.1, -0.05) is 15.9 Å². The van der Waals surface area contributed by atoms with E-state index in [1.165, 1.54) is 0 Å². The maximum absolute atomic E-state index is 5.87. The van der Waals surface area contributed by atoms with E-state index in [0.717, 1.165) is 31.4 Å². The Morgan fingerprint density at radius 1 is 1.47 bits per heavy atom. The van der Waals surface area contributed by atoms with Gasteiger partial charge in [0.1, 0.15) is 10.8 Å². The van der Waals surface area contributed by atoms with Gasteiger partial charge in [0, 0.05) is 9.35 Å². The Balaban J connectivity index is 2.54. The van der Waals surface area contributed by atoms with Gasteiger partial charge in [0.15, 0.2) is 0 Å². The Hall–Kier alpha value is -0.580. The van der Waals surface area contributed by atoms with Crippen LogP contribution in [0.3, 0.4) is 0 Å². The van der Waals surface area contributed by atoms with Crippen molar-refractivity contribution in [3.8, 4) is 16.3 Å². The van der Waals surface area contributed by atoms with Gasteiger partial charge in [-0.15, -0.1) is 22.9 Å². The number of rotatable bonds is 3. The predicted octanol–water partition coefficient (Wildman–Crippen LogP) is 4.63. The number of aromatic nitrogens is 1. The number of alkyl halides is 1. The van der Waals surface area contributed by atoms with Gasteiger partial charge in [-0.2, -0.15) is 0 Å². The van der Waals surface area contributed by atoms with E-state index in [2.05, 4.69) is 20.9 Å². The SMILES string of the molecule is COc1ccc(Br)cc1-c1nc(C)c(CCl)s1. The Kier molecular flexibility index (Phi) is 4.07. The number of ether oxygens (including phenoxy) is 1. The summed E-state index contributed by atoms with van der Waals surface area (Å²) in [7, 11) is 1.66. The van der Waals surface area contributed by atoms with Crippen LogP contribution in [0, 0.1) is 6.92 Å². The van der Waals surface area contributed by atoms with Crippen LogP contribution in [-0.4, -0.2) is 12.1 Å². The molecular weight excluding hydrogens is 322 g/mol. The van der Waals surface area contributed by atoms with Crippen LogP contribution >= 0.6 is 38.9 Å². The number of hydrogen-bond donors (Lipinski definition) is 0. The van der Waals surface area contributed by atoms with Gasteiger partial charge >= 0.3 is 0 Å². The maximum atomic E-state index is 5.87. The first-order valence-electron chi connectivity index (χ1n) is 5.02. The van der Waals surface area contributed by atoms with Gasteiger partial charge in [0.2, 0.25) is 0 Å². The number of aryl methyl sites for hydroxylation is 1. The molecule has 0 fully saturated rings. The molecule has 0 unspecified atom stereocenters. The summed E-state index contributed by atoms with van der Waals surface area (Å²) in [6, 6.07) is 5.89. The molecule has 0 radical (unpaired) electrons. The summed E-state index contributed by atoms with van der Waals surface area (Å²) in [6.07, 6.45) is 0. The van der Waals surface area contributed by atoms with Crippen molar-refractivity contribution < 1.29 is 4.74 Å². The highest BCUT2D eigenvalue weighted by molar-refractivity contribution is 9.10. The maximum Gasteiger partial charge on any atom is 0.129 e. The largest absolute Gasteiger partial charge is 0.496 e. The molecule has 90 valence electrons. The summed E-state index contributed by atoms with van der Waals surface area (Å²) < 4.78 is 6.36. The molecular formula is C12H11BrClNOS. The zero-order chi connectivity index (χ0) is 12.4. The molecule has 5 heteroatoms. The molecule has 0 atom stereocenters. The minimum Gasteiger partial charge on any atom is -0.496 e. The summed E-state index contributed by atoms with van der Waals surface area (Å²) in [5, 5.41) is 0.941. The fourth-order valence-corrected chi connectivity index (χ4v) is 3.17. The van der Waals surface area contributed by atoms with E-state index in [9.17, 15) is 0 Å². The smallest absolute Gasteiger partial charge is 0.129 e. The summed E-state index contributed by atoms with van der Waals surface area (Å²) in [4.78, 5) is 5.64. The van der Waals surface area contributed by atoms with Crippen molar-refractivity contribution >= 4 is 38.9 Å². The molecule has 2 rings (SSSR count). The Morgan fingerprint density at radius 3 is 2.82 bits per heavy atom. The summed E-state index contributed by atoms with van der Waals surface area (Å²) in [6.45, 7) is 1.97. The second-order valence-electron chi connectivity index (χ2n) is 3.51. The Morgan fingerprint density at radius 2 is 2.24 bits per heavy atom. The molecule has 0 N–H and O–H groups in total. The fourth-order valence-electron chi connectivity index (χ4n) is 1.51. The minimum absolute atomic E-state index is 0.500. The average Bonchev–Trinajstić information content (AvgIpc) is 2.70. The first-order chi connectivity index (χ1) is 8.15. The lowest BCUT2D eigenvalue weighted by atomic mass is 10.2. The molecule has 0 aliphatic rings. The number of benzene rings is 1. The summed E-state index contributed by atoms with van der Waals surface area (Å²) in [5.74, 6) is 1.32. The topological polar surface area (TPSA) is 22.1 Å². The predicted molar refractivity (Wildman–Crippen MR) is 76.1 cm³/mol. The molecule has 0 saturated carbocycles. The summed E-state index contributed by atoms with van der Waals surface area (Å²) >= 11 is 10.9. The summed E-state index contributed by atoms with van der Waals surface area (Å²) in [5.41, 5.74) is 1.98. The van der Waals surface area contributed by atoms with Crippen LogP contribution in [0.1, 0.15) is 10.6 Å². The number of thiazole rings is 1. The molecule has 2 aromatic rings. The van der Waals surface area contributed by atoms with Crippen LogP contribution in [-0.2, 0) is 5.88 Å². The molecule has 0 aliphatic heterocycles. The molecule has 1 heterocycles. The highest BCUT2D eigenvalue weighted by Gasteiger charge is 2.13. The molecule has 2 nitrogen and oxygen atoms in total. The van der Waals surface area contributed by atoms with E-state index in [1.54, 1.807) is 18.4 Å². The Labute approximate surface area is 118 Å². The number of hydrogen-bond acceptors (Lipinski definition) is 3. The highest BCUT2D eigenvalue weighted by atomic mass is 79.9. The van der Waals surface area contributed by atoms with Crippen LogP contribution in [0.5, 0.6) is 5.75 Å². The van der Waals surface area contributed by atoms with Gasteiger partial charge in [0.05, 0.1) is 24.2 Å². The van der Waals surface area contributed by atoms with Crippen molar-refractivity contribution in [3.63, 3.8) is 0 Å². The third-order valence-corrected chi connectivity index (χ3v) is 4.52. The standard InChI is InChI=1S/C12H11BrClNOS/c1-7-11(6-14)17-12(15-7)9-5-8(13)3-4-10(9)16-2/h3-5H,6H2,1-2H3. The van der Waals surface area contributed by atoms with Crippen LogP contribution in [0.4, 0.5) is 0 Å². The molecule has 0 aliphatic carbocycles. The quantitative estimate of drug-likeness (QED) is 0.765. The van der Waals surface area contributed by atoms with Crippen LogP contribution in [0.15, 0.2) is 22.7 Å². The van der Waals surface area contributed by atoms with E-state index < -0.39 is 0 Å². The van der Waals surface area contributed by atoms with Crippen molar-refractivity contribution in [2.45, 2.75) is 12.8 Å². The van der Waals surface area contributed by atoms with Gasteiger partial charge in [-0.3, -0.25) is 0 Å². The number of halogens is 2. The van der Waals surface area contributed by atoms with Crippen LogP contribution in [0.2, 0.25) is 0 Å². The van der Waals surface area contributed by atoms with Crippen molar-refractivity contribution in [2.75, 3.05) is 7.11 Å². The van der Waals surface area contributed by atoms with E-state index in [-0.39, 0.29) is 0 Å².